The zero-order valence-corrected chi connectivity index (χ0v) is 13.9. The zero-order valence-electron chi connectivity index (χ0n) is 13.1. The molecule has 1 unspecified atom stereocenters. The summed E-state index contributed by atoms with van der Waals surface area (Å²) in [7, 11) is -3.97. The Morgan fingerprint density at radius 3 is 2.43 bits per heavy atom. The van der Waals surface area contributed by atoms with Crippen LogP contribution in [0.15, 0.2) is 0 Å². The maximum Gasteiger partial charge on any atom is 0.265 e. The molecule has 1 saturated heterocycles. The summed E-state index contributed by atoms with van der Waals surface area (Å²) in [4.78, 5) is 14.2. The van der Waals surface area contributed by atoms with E-state index in [9.17, 15) is 13.2 Å². The highest BCUT2D eigenvalue weighted by Crippen LogP contribution is 2.12. The number of nitrogens with zero attached hydrogens (tertiary/aromatic N) is 1. The smallest absolute Gasteiger partial charge is 0.265 e. The first-order chi connectivity index (χ1) is 9.87. The third kappa shape index (κ3) is 9.98. The van der Waals surface area contributed by atoms with Gasteiger partial charge in [0.1, 0.15) is 5.78 Å². The van der Waals surface area contributed by atoms with Crippen LogP contribution in [0.25, 0.3) is 0 Å². The van der Waals surface area contributed by atoms with Crippen LogP contribution in [0.4, 0.5) is 0 Å². The zero-order chi connectivity index (χ0) is 15.7. The van der Waals surface area contributed by atoms with Crippen molar-refractivity contribution in [2.24, 2.45) is 5.92 Å². The summed E-state index contributed by atoms with van der Waals surface area (Å²) in [6.07, 6.45) is 7.80. The number of hydrogen-bond donors (Lipinski definition) is 1. The van der Waals surface area contributed by atoms with Crippen molar-refractivity contribution in [1.29, 1.82) is 0 Å². The van der Waals surface area contributed by atoms with Crippen LogP contribution in [-0.4, -0.2) is 49.0 Å². The number of unbranched alkanes of at least 4 members (excludes halogenated alkanes) is 2. The largest absolute Gasteiger partial charge is 0.303 e. The van der Waals surface area contributed by atoms with Gasteiger partial charge in [0.15, 0.2) is 0 Å². The van der Waals surface area contributed by atoms with Crippen LogP contribution in [0.3, 0.4) is 0 Å². The molecule has 0 radical (unpaired) electrons. The van der Waals surface area contributed by atoms with Crippen molar-refractivity contribution in [3.05, 3.63) is 0 Å². The molecule has 0 aliphatic carbocycles. The Balaban J connectivity index is 2.02. The fourth-order valence-electron chi connectivity index (χ4n) is 2.93. The van der Waals surface area contributed by atoms with Crippen molar-refractivity contribution in [2.45, 2.75) is 58.3 Å². The minimum Gasteiger partial charge on any atom is -0.303 e. The molecule has 1 heterocycles. The highest BCUT2D eigenvalue weighted by molar-refractivity contribution is 7.85. The highest BCUT2D eigenvalue weighted by Gasteiger charge is 2.15. The number of hydrogen-bond acceptors (Lipinski definition) is 4. The lowest BCUT2D eigenvalue weighted by Gasteiger charge is -2.26. The number of likely N-dealkylation sites (tertiary alicyclic amines) is 1. The van der Waals surface area contributed by atoms with Crippen molar-refractivity contribution >= 4 is 15.9 Å². The van der Waals surface area contributed by atoms with Crippen LogP contribution in [-0.2, 0) is 14.9 Å². The molecule has 1 aliphatic rings. The van der Waals surface area contributed by atoms with Gasteiger partial charge in [0.25, 0.3) is 10.1 Å². The second-order valence-electron chi connectivity index (χ2n) is 6.31. The second kappa shape index (κ2) is 9.54. The van der Waals surface area contributed by atoms with Gasteiger partial charge in [-0.15, -0.1) is 0 Å². The Kier molecular flexibility index (Phi) is 8.44. The molecule has 0 aromatic rings. The molecule has 1 fully saturated rings. The van der Waals surface area contributed by atoms with E-state index in [0.717, 1.165) is 25.8 Å². The van der Waals surface area contributed by atoms with E-state index in [1.807, 2.05) is 0 Å². The lowest BCUT2D eigenvalue weighted by molar-refractivity contribution is -0.119. The van der Waals surface area contributed by atoms with E-state index in [4.69, 9.17) is 4.55 Å². The second-order valence-corrected chi connectivity index (χ2v) is 7.81. The Labute approximate surface area is 128 Å². The Bertz CT molecular complexity index is 402. The van der Waals surface area contributed by atoms with Crippen molar-refractivity contribution in [3.8, 4) is 0 Å². The van der Waals surface area contributed by atoms with Crippen LogP contribution < -0.4 is 0 Å². The SMILES string of the molecule is CC(CC(=O)CCCCCN1CCCCC1)CS(=O)(=O)O. The predicted molar refractivity (Wildman–Crippen MR) is 84.0 cm³/mol. The molecule has 1 rings (SSSR count). The molecule has 0 aromatic heterocycles. The van der Waals surface area contributed by atoms with E-state index >= 15 is 0 Å². The minimum atomic E-state index is -3.97. The summed E-state index contributed by atoms with van der Waals surface area (Å²) >= 11 is 0. The van der Waals surface area contributed by atoms with E-state index in [1.54, 1.807) is 6.92 Å². The monoisotopic (exact) mass is 319 g/mol. The Hall–Kier alpha value is -0.460. The summed E-state index contributed by atoms with van der Waals surface area (Å²) in [6.45, 7) is 5.24. The number of rotatable bonds is 10. The summed E-state index contributed by atoms with van der Waals surface area (Å²) < 4.78 is 30.2. The van der Waals surface area contributed by atoms with Gasteiger partial charge in [-0.2, -0.15) is 8.42 Å². The molecule has 1 N–H and O–H groups in total. The van der Waals surface area contributed by atoms with Gasteiger partial charge in [-0.1, -0.05) is 19.8 Å². The average molecular weight is 319 g/mol. The van der Waals surface area contributed by atoms with E-state index in [0.29, 0.717) is 6.42 Å². The van der Waals surface area contributed by atoms with E-state index < -0.39 is 10.1 Å². The van der Waals surface area contributed by atoms with Gasteiger partial charge < -0.3 is 4.90 Å². The molecule has 1 atom stereocenters. The molecule has 5 nitrogen and oxygen atoms in total. The number of ketones is 1. The first kappa shape index (κ1) is 18.6. The van der Waals surface area contributed by atoms with Gasteiger partial charge in [-0.05, 0) is 51.2 Å². The van der Waals surface area contributed by atoms with Gasteiger partial charge in [-0.25, -0.2) is 0 Å². The van der Waals surface area contributed by atoms with E-state index in [-0.39, 0.29) is 23.9 Å². The average Bonchev–Trinajstić information content (AvgIpc) is 2.37. The first-order valence-electron chi connectivity index (χ1n) is 8.06. The lowest BCUT2D eigenvalue weighted by atomic mass is 10.0. The van der Waals surface area contributed by atoms with Crippen LogP contribution in [0.5, 0.6) is 0 Å². The molecule has 0 spiro atoms. The summed E-state index contributed by atoms with van der Waals surface area (Å²) in [5.74, 6) is -0.529. The van der Waals surface area contributed by atoms with Crippen molar-refractivity contribution in [3.63, 3.8) is 0 Å². The lowest BCUT2D eigenvalue weighted by Crippen LogP contribution is -2.30. The molecule has 21 heavy (non-hydrogen) atoms. The third-order valence-corrected chi connectivity index (χ3v) is 4.94. The van der Waals surface area contributed by atoms with Crippen LogP contribution in [0, 0.1) is 5.92 Å². The normalized spacial score (nSPS) is 18.6. The van der Waals surface area contributed by atoms with Crippen LogP contribution >= 0.6 is 0 Å². The minimum absolute atomic E-state index is 0.101. The maximum absolute atomic E-state index is 11.7. The molecule has 124 valence electrons. The first-order valence-corrected chi connectivity index (χ1v) is 9.67. The molecule has 0 amide bonds. The third-order valence-electron chi connectivity index (χ3n) is 3.95. The summed E-state index contributed by atoms with van der Waals surface area (Å²) in [6, 6.07) is 0. The number of Topliss-reactive ketones (excluding diaryl/α,β-unsaturated/α-hetero) is 1. The number of piperidine rings is 1. The fourth-order valence-corrected chi connectivity index (χ4v) is 3.76. The Morgan fingerprint density at radius 1 is 1.14 bits per heavy atom. The molecule has 0 bridgehead atoms. The van der Waals surface area contributed by atoms with Gasteiger partial charge >= 0.3 is 0 Å². The fraction of sp³-hybridized carbons (Fsp3) is 0.933. The predicted octanol–water partition coefficient (Wildman–Crippen LogP) is 2.52. The summed E-state index contributed by atoms with van der Waals surface area (Å²) in [5, 5.41) is 0. The van der Waals surface area contributed by atoms with E-state index in [1.165, 1.54) is 32.4 Å². The topological polar surface area (TPSA) is 74.7 Å². The van der Waals surface area contributed by atoms with Gasteiger partial charge in [-0.3, -0.25) is 9.35 Å². The molecular weight excluding hydrogens is 290 g/mol. The Morgan fingerprint density at radius 2 is 1.81 bits per heavy atom. The summed E-state index contributed by atoms with van der Waals surface area (Å²) in [5.41, 5.74) is 0. The van der Waals surface area contributed by atoms with Gasteiger partial charge in [0.2, 0.25) is 0 Å². The quantitative estimate of drug-likeness (QED) is 0.495. The molecule has 0 saturated carbocycles. The van der Waals surface area contributed by atoms with Crippen LogP contribution in [0.1, 0.15) is 58.3 Å². The standard InChI is InChI=1S/C15H29NO4S/c1-14(13-21(18,19)20)12-15(17)8-4-2-5-9-16-10-6-3-7-11-16/h14H,2-13H2,1H3,(H,18,19,20). The van der Waals surface area contributed by atoms with Gasteiger partial charge in [0, 0.05) is 12.8 Å². The van der Waals surface area contributed by atoms with E-state index in [2.05, 4.69) is 4.90 Å². The van der Waals surface area contributed by atoms with Crippen molar-refractivity contribution in [1.82, 2.24) is 4.90 Å². The van der Waals surface area contributed by atoms with Crippen molar-refractivity contribution < 1.29 is 17.8 Å². The molecule has 0 aromatic carbocycles. The van der Waals surface area contributed by atoms with Crippen LogP contribution in [0.2, 0.25) is 0 Å². The molecular formula is C15H29NO4S. The van der Waals surface area contributed by atoms with Crippen molar-refractivity contribution in [2.75, 3.05) is 25.4 Å². The molecule has 1 aliphatic heterocycles. The number of carbonyl (C=O) groups excluding carboxylic acids is 1. The molecule has 6 heteroatoms. The maximum atomic E-state index is 11.7. The van der Waals surface area contributed by atoms with Gasteiger partial charge in [0.05, 0.1) is 5.75 Å². The number of carbonyl (C=O) groups is 1. The highest BCUT2D eigenvalue weighted by atomic mass is 32.2.